The van der Waals surface area contributed by atoms with Crippen molar-refractivity contribution in [3.63, 3.8) is 0 Å². The summed E-state index contributed by atoms with van der Waals surface area (Å²) in [5.41, 5.74) is 0. The number of hydrogen-bond donors (Lipinski definition) is 0. The third-order valence-electron chi connectivity index (χ3n) is 1.59. The van der Waals surface area contributed by atoms with Crippen LogP contribution in [0.3, 0.4) is 0 Å². The molecule has 0 aliphatic heterocycles. The molecule has 0 aromatic carbocycles. The van der Waals surface area contributed by atoms with Crippen molar-refractivity contribution >= 4 is 5.97 Å². The van der Waals surface area contributed by atoms with E-state index in [-0.39, 0.29) is 12.6 Å². The molecule has 0 amide bonds. The Kier molecular flexibility index (Phi) is 8.12. The Bertz CT molecular complexity index is 112. The molecule has 0 aromatic heterocycles. The largest absolute Gasteiger partial charge is 0.466 e. The van der Waals surface area contributed by atoms with E-state index >= 15 is 0 Å². The average molecular weight is 173 g/mol. The van der Waals surface area contributed by atoms with E-state index in [1.165, 1.54) is 0 Å². The number of carbonyl (C=O) groups excluding carboxylic acids is 1. The zero-order valence-electron chi connectivity index (χ0n) is 7.67. The molecule has 0 N–H and O–H groups in total. The van der Waals surface area contributed by atoms with Crippen molar-refractivity contribution in [2.75, 3.05) is 13.2 Å². The highest BCUT2D eigenvalue weighted by Crippen LogP contribution is 1.99. The first-order valence-corrected chi connectivity index (χ1v) is 4.55. The van der Waals surface area contributed by atoms with Crippen molar-refractivity contribution < 1.29 is 14.6 Å². The van der Waals surface area contributed by atoms with Gasteiger partial charge in [0.15, 0.2) is 0 Å². The molecule has 3 nitrogen and oxygen atoms in total. The lowest BCUT2D eigenvalue weighted by molar-refractivity contribution is -0.143. The fourth-order valence-electron chi connectivity index (χ4n) is 0.846. The second-order valence-corrected chi connectivity index (χ2v) is 2.69. The van der Waals surface area contributed by atoms with E-state index in [0.29, 0.717) is 13.0 Å². The van der Waals surface area contributed by atoms with E-state index in [9.17, 15) is 9.90 Å². The Morgan fingerprint density at radius 1 is 1.17 bits per heavy atom. The molecule has 1 radical (unpaired) electrons. The van der Waals surface area contributed by atoms with Crippen LogP contribution in [-0.4, -0.2) is 19.2 Å². The van der Waals surface area contributed by atoms with Crippen molar-refractivity contribution in [2.24, 2.45) is 0 Å². The molecular weight excluding hydrogens is 156 g/mol. The highest BCUT2D eigenvalue weighted by atomic mass is 16.5. The van der Waals surface area contributed by atoms with Crippen molar-refractivity contribution in [2.45, 2.75) is 39.0 Å². The van der Waals surface area contributed by atoms with Gasteiger partial charge in [-0.3, -0.25) is 4.79 Å². The quantitative estimate of drug-likeness (QED) is 0.436. The number of rotatable bonds is 7. The summed E-state index contributed by atoms with van der Waals surface area (Å²) in [6, 6.07) is 0. The molecule has 0 saturated carbocycles. The molecule has 0 bridgehead atoms. The summed E-state index contributed by atoms with van der Waals surface area (Å²) in [5, 5.41) is 10.0. The Morgan fingerprint density at radius 2 is 1.83 bits per heavy atom. The monoisotopic (exact) mass is 173 g/mol. The van der Waals surface area contributed by atoms with Crippen molar-refractivity contribution in [3.8, 4) is 0 Å². The van der Waals surface area contributed by atoms with E-state index in [0.717, 1.165) is 25.7 Å². The molecule has 0 heterocycles. The fraction of sp³-hybridized carbons (Fsp3) is 0.889. The van der Waals surface area contributed by atoms with E-state index in [1.807, 2.05) is 0 Å². The van der Waals surface area contributed by atoms with Crippen LogP contribution in [0.5, 0.6) is 0 Å². The van der Waals surface area contributed by atoms with Crippen LogP contribution in [0.25, 0.3) is 0 Å². The van der Waals surface area contributed by atoms with Crippen LogP contribution in [-0.2, 0) is 14.6 Å². The average Bonchev–Trinajstić information content (AvgIpc) is 2.10. The van der Waals surface area contributed by atoms with Gasteiger partial charge in [0.2, 0.25) is 0 Å². The third kappa shape index (κ3) is 7.54. The van der Waals surface area contributed by atoms with Crippen LogP contribution in [0.2, 0.25) is 0 Å². The molecule has 3 heteroatoms. The molecule has 0 aliphatic carbocycles. The van der Waals surface area contributed by atoms with Gasteiger partial charge in [0, 0.05) is 6.42 Å². The molecule has 0 atom stereocenters. The first-order valence-electron chi connectivity index (χ1n) is 4.55. The summed E-state index contributed by atoms with van der Waals surface area (Å²) < 4.78 is 4.85. The second-order valence-electron chi connectivity index (χ2n) is 2.69. The standard InChI is InChI=1S/C9H17O3/c1-2-9(11)12-8-6-4-3-5-7-10/h2-8H2,1H3. The Labute approximate surface area is 73.7 Å². The molecule has 0 rings (SSSR count). The van der Waals surface area contributed by atoms with Gasteiger partial charge in [0.05, 0.1) is 13.2 Å². The minimum Gasteiger partial charge on any atom is -0.466 e. The summed E-state index contributed by atoms with van der Waals surface area (Å²) in [5.74, 6) is -0.140. The van der Waals surface area contributed by atoms with Gasteiger partial charge in [-0.05, 0) is 19.3 Å². The zero-order valence-corrected chi connectivity index (χ0v) is 7.67. The minimum atomic E-state index is -0.140. The van der Waals surface area contributed by atoms with Gasteiger partial charge in [0.25, 0.3) is 0 Å². The van der Waals surface area contributed by atoms with Gasteiger partial charge in [-0.25, -0.2) is 5.11 Å². The van der Waals surface area contributed by atoms with Gasteiger partial charge < -0.3 is 4.74 Å². The van der Waals surface area contributed by atoms with Gasteiger partial charge in [-0.2, -0.15) is 0 Å². The van der Waals surface area contributed by atoms with Crippen LogP contribution in [0.1, 0.15) is 39.0 Å². The van der Waals surface area contributed by atoms with E-state index in [1.54, 1.807) is 6.92 Å². The van der Waals surface area contributed by atoms with Crippen molar-refractivity contribution in [1.29, 1.82) is 0 Å². The van der Waals surface area contributed by atoms with Crippen molar-refractivity contribution in [1.82, 2.24) is 0 Å². The molecule has 0 unspecified atom stereocenters. The number of esters is 1. The summed E-state index contributed by atoms with van der Waals surface area (Å²) in [6.45, 7) is 2.29. The predicted octanol–water partition coefficient (Wildman–Crippen LogP) is 1.93. The van der Waals surface area contributed by atoms with Gasteiger partial charge in [0.1, 0.15) is 0 Å². The second kappa shape index (κ2) is 8.53. The smallest absolute Gasteiger partial charge is 0.305 e. The van der Waals surface area contributed by atoms with Gasteiger partial charge in [-0.15, -0.1) is 0 Å². The predicted molar refractivity (Wildman–Crippen MR) is 45.3 cm³/mol. The maximum Gasteiger partial charge on any atom is 0.305 e. The normalized spacial score (nSPS) is 9.83. The number of ether oxygens (including phenoxy) is 1. The van der Waals surface area contributed by atoms with Crippen LogP contribution in [0.4, 0.5) is 0 Å². The zero-order chi connectivity index (χ0) is 9.23. The molecule has 0 saturated heterocycles. The van der Waals surface area contributed by atoms with Gasteiger partial charge in [-0.1, -0.05) is 13.3 Å². The number of unbranched alkanes of at least 4 members (excludes halogenated alkanes) is 3. The summed E-state index contributed by atoms with van der Waals surface area (Å²) in [6.07, 6.45) is 4.00. The maximum absolute atomic E-state index is 10.6. The maximum atomic E-state index is 10.6. The molecule has 0 fully saturated rings. The molecule has 0 aromatic rings. The fourth-order valence-corrected chi connectivity index (χ4v) is 0.846. The number of hydrogen-bond acceptors (Lipinski definition) is 2. The molecular formula is C9H17O3. The van der Waals surface area contributed by atoms with E-state index in [2.05, 4.69) is 0 Å². The summed E-state index contributed by atoms with van der Waals surface area (Å²) in [7, 11) is 0. The van der Waals surface area contributed by atoms with Crippen LogP contribution >= 0.6 is 0 Å². The first-order chi connectivity index (χ1) is 5.81. The Hall–Kier alpha value is -0.570. The molecule has 0 aliphatic rings. The molecule has 71 valence electrons. The van der Waals surface area contributed by atoms with Crippen LogP contribution < -0.4 is 0 Å². The lowest BCUT2D eigenvalue weighted by atomic mass is 10.2. The minimum absolute atomic E-state index is 0.00868. The van der Waals surface area contributed by atoms with Crippen LogP contribution in [0.15, 0.2) is 0 Å². The summed E-state index contributed by atoms with van der Waals surface area (Å²) in [4.78, 5) is 10.6. The Balaban J connectivity index is 2.95. The van der Waals surface area contributed by atoms with Crippen molar-refractivity contribution in [3.05, 3.63) is 0 Å². The first kappa shape index (κ1) is 11.4. The SMILES string of the molecule is CCC(=O)OCCCCCC[O]. The molecule has 0 spiro atoms. The lowest BCUT2D eigenvalue weighted by Gasteiger charge is -2.01. The summed E-state index contributed by atoms with van der Waals surface area (Å²) >= 11 is 0. The highest BCUT2D eigenvalue weighted by Gasteiger charge is 1.96. The Morgan fingerprint density at radius 3 is 2.42 bits per heavy atom. The lowest BCUT2D eigenvalue weighted by Crippen LogP contribution is -2.03. The molecule has 12 heavy (non-hydrogen) atoms. The van der Waals surface area contributed by atoms with E-state index < -0.39 is 0 Å². The van der Waals surface area contributed by atoms with Gasteiger partial charge >= 0.3 is 5.97 Å². The van der Waals surface area contributed by atoms with Crippen LogP contribution in [0, 0.1) is 0 Å². The third-order valence-corrected chi connectivity index (χ3v) is 1.59. The van der Waals surface area contributed by atoms with E-state index in [4.69, 9.17) is 4.74 Å². The highest BCUT2D eigenvalue weighted by molar-refractivity contribution is 5.68. The topological polar surface area (TPSA) is 46.2 Å². The number of carbonyl (C=O) groups is 1.